The zero-order valence-electron chi connectivity index (χ0n) is 12.9. The van der Waals surface area contributed by atoms with Crippen molar-refractivity contribution < 1.29 is 4.74 Å². The molecular weight excluding hydrogens is 248 g/mol. The number of aryl methyl sites for hydroxylation is 1. The molecule has 0 radical (unpaired) electrons. The van der Waals surface area contributed by atoms with Crippen molar-refractivity contribution in [1.29, 1.82) is 0 Å². The minimum absolute atomic E-state index is 0.570. The van der Waals surface area contributed by atoms with Crippen molar-refractivity contribution in [2.75, 3.05) is 20.2 Å². The SMILES string of the molecule is COc1ccc2c(c1)C(N1CC(C)NC(C)C1)CCC2. The second-order valence-electron chi connectivity index (χ2n) is 6.40. The molecule has 0 amide bonds. The van der Waals surface area contributed by atoms with Crippen LogP contribution in [0.25, 0.3) is 0 Å². The Labute approximate surface area is 122 Å². The molecule has 0 spiro atoms. The first kappa shape index (κ1) is 13.9. The van der Waals surface area contributed by atoms with Crippen LogP contribution in [-0.2, 0) is 6.42 Å². The smallest absolute Gasteiger partial charge is 0.119 e. The van der Waals surface area contributed by atoms with E-state index in [1.54, 1.807) is 7.11 Å². The van der Waals surface area contributed by atoms with Crippen molar-refractivity contribution in [2.45, 2.75) is 51.2 Å². The quantitative estimate of drug-likeness (QED) is 0.897. The lowest BCUT2D eigenvalue weighted by Gasteiger charge is -2.43. The van der Waals surface area contributed by atoms with Crippen LogP contribution in [-0.4, -0.2) is 37.2 Å². The number of nitrogens with one attached hydrogen (secondary N) is 1. The number of hydrogen-bond donors (Lipinski definition) is 1. The molecule has 3 rings (SSSR count). The van der Waals surface area contributed by atoms with E-state index in [1.807, 2.05) is 0 Å². The Kier molecular flexibility index (Phi) is 3.99. The summed E-state index contributed by atoms with van der Waals surface area (Å²) < 4.78 is 5.43. The van der Waals surface area contributed by atoms with Crippen LogP contribution in [0, 0.1) is 0 Å². The van der Waals surface area contributed by atoms with Crippen molar-refractivity contribution in [1.82, 2.24) is 10.2 Å². The van der Waals surface area contributed by atoms with Gasteiger partial charge in [0.25, 0.3) is 0 Å². The molecule has 1 N–H and O–H groups in total. The minimum Gasteiger partial charge on any atom is -0.497 e. The normalized spacial score (nSPS) is 30.9. The van der Waals surface area contributed by atoms with Crippen LogP contribution < -0.4 is 10.1 Å². The highest BCUT2D eigenvalue weighted by atomic mass is 16.5. The van der Waals surface area contributed by atoms with Gasteiger partial charge in [-0.05, 0) is 56.4 Å². The lowest BCUT2D eigenvalue weighted by molar-refractivity contribution is 0.111. The number of fused-ring (bicyclic) bond motifs is 1. The summed E-state index contributed by atoms with van der Waals surface area (Å²) in [7, 11) is 1.76. The molecule has 3 nitrogen and oxygen atoms in total. The summed E-state index contributed by atoms with van der Waals surface area (Å²) in [5, 5.41) is 3.63. The van der Waals surface area contributed by atoms with Crippen LogP contribution in [0.3, 0.4) is 0 Å². The zero-order chi connectivity index (χ0) is 14.1. The van der Waals surface area contributed by atoms with Crippen LogP contribution >= 0.6 is 0 Å². The Balaban J connectivity index is 1.88. The van der Waals surface area contributed by atoms with E-state index in [-0.39, 0.29) is 0 Å². The monoisotopic (exact) mass is 274 g/mol. The van der Waals surface area contributed by atoms with E-state index in [0.717, 1.165) is 18.8 Å². The van der Waals surface area contributed by atoms with Crippen molar-refractivity contribution in [3.63, 3.8) is 0 Å². The standard InChI is InChI=1S/C17H26N2O/c1-12-10-19(11-13(2)18-12)17-6-4-5-14-7-8-15(20-3)9-16(14)17/h7-9,12-13,17-18H,4-6,10-11H2,1-3H3. The van der Waals surface area contributed by atoms with E-state index in [1.165, 1.54) is 30.4 Å². The van der Waals surface area contributed by atoms with Crippen molar-refractivity contribution >= 4 is 0 Å². The number of ether oxygens (including phenoxy) is 1. The van der Waals surface area contributed by atoms with E-state index < -0.39 is 0 Å². The second kappa shape index (κ2) is 5.74. The molecule has 0 aromatic heterocycles. The van der Waals surface area contributed by atoms with Gasteiger partial charge in [0.15, 0.2) is 0 Å². The molecule has 0 bridgehead atoms. The fraction of sp³-hybridized carbons (Fsp3) is 0.647. The van der Waals surface area contributed by atoms with Crippen molar-refractivity contribution in [3.8, 4) is 5.75 Å². The number of rotatable bonds is 2. The predicted octanol–water partition coefficient (Wildman–Crippen LogP) is 2.75. The number of piperazine rings is 1. The van der Waals surface area contributed by atoms with Crippen LogP contribution in [0.2, 0.25) is 0 Å². The molecular formula is C17H26N2O. The molecule has 1 aromatic rings. The lowest BCUT2D eigenvalue weighted by Crippen LogP contribution is -2.55. The zero-order valence-corrected chi connectivity index (χ0v) is 12.9. The summed E-state index contributed by atoms with van der Waals surface area (Å²) in [4.78, 5) is 2.67. The first-order chi connectivity index (χ1) is 9.67. The van der Waals surface area contributed by atoms with Gasteiger partial charge in [-0.2, -0.15) is 0 Å². The van der Waals surface area contributed by atoms with Gasteiger partial charge < -0.3 is 10.1 Å². The maximum Gasteiger partial charge on any atom is 0.119 e. The van der Waals surface area contributed by atoms with Crippen molar-refractivity contribution in [2.24, 2.45) is 0 Å². The number of benzene rings is 1. The number of methoxy groups -OCH3 is 1. The van der Waals surface area contributed by atoms with Crippen LogP contribution in [0.4, 0.5) is 0 Å². The molecule has 1 aliphatic heterocycles. The van der Waals surface area contributed by atoms with Gasteiger partial charge in [-0.1, -0.05) is 6.07 Å². The average molecular weight is 274 g/mol. The molecule has 20 heavy (non-hydrogen) atoms. The van der Waals surface area contributed by atoms with E-state index in [2.05, 4.69) is 42.3 Å². The first-order valence-electron chi connectivity index (χ1n) is 7.84. The summed E-state index contributed by atoms with van der Waals surface area (Å²) in [6.45, 7) is 6.87. The van der Waals surface area contributed by atoms with Crippen LogP contribution in [0.15, 0.2) is 18.2 Å². The number of hydrogen-bond acceptors (Lipinski definition) is 3. The summed E-state index contributed by atoms with van der Waals surface area (Å²) in [6, 6.07) is 8.35. The molecule has 2 aliphatic rings. The van der Waals surface area contributed by atoms with E-state index in [0.29, 0.717) is 18.1 Å². The summed E-state index contributed by atoms with van der Waals surface area (Å²) in [6.07, 6.45) is 3.79. The molecule has 1 saturated heterocycles. The Morgan fingerprint density at radius 3 is 2.65 bits per heavy atom. The van der Waals surface area contributed by atoms with Gasteiger partial charge in [0.05, 0.1) is 7.11 Å². The molecule has 3 atom stereocenters. The molecule has 3 heteroatoms. The van der Waals surface area contributed by atoms with Gasteiger partial charge in [0.2, 0.25) is 0 Å². The third kappa shape index (κ3) is 2.70. The molecule has 0 saturated carbocycles. The molecule has 1 fully saturated rings. The third-order valence-electron chi connectivity index (χ3n) is 4.66. The Hall–Kier alpha value is -1.06. The lowest BCUT2D eigenvalue weighted by atomic mass is 9.86. The largest absolute Gasteiger partial charge is 0.497 e. The Morgan fingerprint density at radius 2 is 1.95 bits per heavy atom. The summed E-state index contributed by atoms with van der Waals surface area (Å²) in [5.74, 6) is 0.992. The van der Waals surface area contributed by atoms with Gasteiger partial charge in [-0.25, -0.2) is 0 Å². The predicted molar refractivity (Wildman–Crippen MR) is 82.3 cm³/mol. The topological polar surface area (TPSA) is 24.5 Å². The number of nitrogens with zero attached hydrogens (tertiary/aromatic N) is 1. The fourth-order valence-electron chi connectivity index (χ4n) is 3.88. The molecule has 1 aromatic carbocycles. The van der Waals surface area contributed by atoms with Gasteiger partial charge in [-0.15, -0.1) is 0 Å². The molecule has 110 valence electrons. The van der Waals surface area contributed by atoms with Gasteiger partial charge in [-0.3, -0.25) is 4.90 Å². The first-order valence-corrected chi connectivity index (χ1v) is 7.84. The third-order valence-corrected chi connectivity index (χ3v) is 4.66. The Morgan fingerprint density at radius 1 is 1.20 bits per heavy atom. The second-order valence-corrected chi connectivity index (χ2v) is 6.40. The minimum atomic E-state index is 0.570. The molecule has 3 unspecified atom stereocenters. The Bertz CT molecular complexity index is 464. The van der Waals surface area contributed by atoms with Crippen molar-refractivity contribution in [3.05, 3.63) is 29.3 Å². The highest BCUT2D eigenvalue weighted by Crippen LogP contribution is 2.37. The maximum atomic E-state index is 5.43. The highest BCUT2D eigenvalue weighted by Gasteiger charge is 2.31. The molecule has 1 aliphatic carbocycles. The fourth-order valence-corrected chi connectivity index (χ4v) is 3.88. The summed E-state index contributed by atoms with van der Waals surface area (Å²) >= 11 is 0. The highest BCUT2D eigenvalue weighted by molar-refractivity contribution is 5.39. The van der Waals surface area contributed by atoms with Gasteiger partial charge in [0.1, 0.15) is 5.75 Å². The summed E-state index contributed by atoms with van der Waals surface area (Å²) in [5.41, 5.74) is 3.01. The van der Waals surface area contributed by atoms with Crippen LogP contribution in [0.1, 0.15) is 43.9 Å². The maximum absolute atomic E-state index is 5.43. The van der Waals surface area contributed by atoms with Gasteiger partial charge >= 0.3 is 0 Å². The van der Waals surface area contributed by atoms with E-state index in [4.69, 9.17) is 4.74 Å². The average Bonchev–Trinajstić information content (AvgIpc) is 2.45. The van der Waals surface area contributed by atoms with E-state index >= 15 is 0 Å². The molecule has 1 heterocycles. The van der Waals surface area contributed by atoms with Crippen LogP contribution in [0.5, 0.6) is 5.75 Å². The van der Waals surface area contributed by atoms with Gasteiger partial charge in [0, 0.05) is 31.2 Å². The van der Waals surface area contributed by atoms with E-state index in [9.17, 15) is 0 Å².